The van der Waals surface area contributed by atoms with E-state index in [0.717, 1.165) is 5.56 Å². The highest BCUT2D eigenvalue weighted by atomic mass is 16.5. The number of anilines is 1. The molecule has 0 aliphatic heterocycles. The minimum absolute atomic E-state index is 0.0581. The van der Waals surface area contributed by atoms with Crippen LogP contribution < -0.4 is 20.1 Å². The first-order valence-corrected chi connectivity index (χ1v) is 8.07. The van der Waals surface area contributed by atoms with Crippen molar-refractivity contribution in [3.05, 3.63) is 54.1 Å². The number of methoxy groups -OCH3 is 2. The average Bonchev–Trinajstić information content (AvgIpc) is 2.61. The van der Waals surface area contributed by atoms with Gasteiger partial charge in [-0.3, -0.25) is 15.0 Å². The lowest BCUT2D eigenvalue weighted by molar-refractivity contribution is -0.120. The Labute approximate surface area is 152 Å². The summed E-state index contributed by atoms with van der Waals surface area (Å²) in [4.78, 5) is 25.7. The van der Waals surface area contributed by atoms with E-state index in [1.165, 1.54) is 0 Å². The molecule has 0 aromatic heterocycles. The van der Waals surface area contributed by atoms with Crippen molar-refractivity contribution < 1.29 is 19.1 Å². The number of urea groups is 1. The zero-order valence-corrected chi connectivity index (χ0v) is 15.1. The number of hydrogen-bond acceptors (Lipinski definition) is 5. The van der Waals surface area contributed by atoms with Crippen molar-refractivity contribution >= 4 is 17.6 Å². The topological polar surface area (TPSA) is 79.9 Å². The maximum Gasteiger partial charge on any atom is 0.325 e. The molecule has 0 aliphatic rings. The maximum absolute atomic E-state index is 12.1. The van der Waals surface area contributed by atoms with E-state index in [9.17, 15) is 9.59 Å². The molecule has 0 spiro atoms. The molecule has 3 amide bonds. The predicted octanol–water partition coefficient (Wildman–Crippen LogP) is 2.48. The summed E-state index contributed by atoms with van der Waals surface area (Å²) in [6.07, 6.45) is 0. The summed E-state index contributed by atoms with van der Waals surface area (Å²) in [7, 11) is 4.93. The van der Waals surface area contributed by atoms with E-state index >= 15 is 0 Å². The predicted molar refractivity (Wildman–Crippen MR) is 99.5 cm³/mol. The van der Waals surface area contributed by atoms with E-state index in [1.807, 2.05) is 24.3 Å². The number of para-hydroxylation sites is 2. The summed E-state index contributed by atoms with van der Waals surface area (Å²) >= 11 is 0. The quantitative estimate of drug-likeness (QED) is 0.796. The van der Waals surface area contributed by atoms with Crippen LogP contribution >= 0.6 is 0 Å². The minimum Gasteiger partial charge on any atom is -0.493 e. The Morgan fingerprint density at radius 3 is 2.38 bits per heavy atom. The van der Waals surface area contributed by atoms with Crippen LogP contribution in [0.1, 0.15) is 5.56 Å². The van der Waals surface area contributed by atoms with Crippen molar-refractivity contribution in [1.82, 2.24) is 10.2 Å². The standard InChI is InChI=1S/C19H23N3O4/c1-22(12-14-8-7-11-16(25-2)18(14)26-3)13-17(23)21-19(24)20-15-9-5-4-6-10-15/h4-11H,12-13H2,1-3H3,(H2,20,21,23,24). The van der Waals surface area contributed by atoms with E-state index in [-0.39, 0.29) is 6.54 Å². The molecule has 2 rings (SSSR count). The third-order valence-corrected chi connectivity index (χ3v) is 3.62. The van der Waals surface area contributed by atoms with Gasteiger partial charge in [-0.25, -0.2) is 4.79 Å². The van der Waals surface area contributed by atoms with Crippen molar-refractivity contribution in [3.63, 3.8) is 0 Å². The van der Waals surface area contributed by atoms with Gasteiger partial charge in [0.25, 0.3) is 0 Å². The van der Waals surface area contributed by atoms with Crippen LogP contribution in [0.4, 0.5) is 10.5 Å². The molecule has 0 fully saturated rings. The van der Waals surface area contributed by atoms with Crippen molar-refractivity contribution in [2.75, 3.05) is 33.1 Å². The monoisotopic (exact) mass is 357 g/mol. The van der Waals surface area contributed by atoms with Gasteiger partial charge >= 0.3 is 6.03 Å². The number of likely N-dealkylation sites (N-methyl/N-ethyl adjacent to an activating group) is 1. The van der Waals surface area contributed by atoms with E-state index in [2.05, 4.69) is 10.6 Å². The highest BCUT2D eigenvalue weighted by molar-refractivity contribution is 6.01. The zero-order chi connectivity index (χ0) is 18.9. The third kappa shape index (κ3) is 5.49. The van der Waals surface area contributed by atoms with Crippen LogP contribution in [0, 0.1) is 0 Å². The van der Waals surface area contributed by atoms with Gasteiger partial charge < -0.3 is 14.8 Å². The summed E-state index contributed by atoms with van der Waals surface area (Å²) in [6.45, 7) is 0.524. The van der Waals surface area contributed by atoms with Crippen molar-refractivity contribution in [1.29, 1.82) is 0 Å². The average molecular weight is 357 g/mol. The Kier molecular flexibility index (Phi) is 6.99. The molecule has 7 nitrogen and oxygen atoms in total. The summed E-state index contributed by atoms with van der Waals surface area (Å²) < 4.78 is 10.7. The molecule has 7 heteroatoms. The largest absolute Gasteiger partial charge is 0.493 e. The van der Waals surface area contributed by atoms with Gasteiger partial charge in [-0.1, -0.05) is 30.3 Å². The molecular weight excluding hydrogens is 334 g/mol. The zero-order valence-electron chi connectivity index (χ0n) is 15.1. The second-order valence-electron chi connectivity index (χ2n) is 5.69. The van der Waals surface area contributed by atoms with Gasteiger partial charge in [-0.2, -0.15) is 0 Å². The smallest absolute Gasteiger partial charge is 0.325 e. The number of ether oxygens (including phenoxy) is 2. The normalized spacial score (nSPS) is 10.3. The Morgan fingerprint density at radius 2 is 1.73 bits per heavy atom. The van der Waals surface area contributed by atoms with E-state index in [1.54, 1.807) is 50.4 Å². The van der Waals surface area contributed by atoms with Crippen LogP contribution in [0.25, 0.3) is 0 Å². The fourth-order valence-electron chi connectivity index (χ4n) is 2.52. The van der Waals surface area contributed by atoms with E-state index in [4.69, 9.17) is 9.47 Å². The molecule has 138 valence electrons. The van der Waals surface area contributed by atoms with Gasteiger partial charge in [0.15, 0.2) is 11.5 Å². The molecule has 2 N–H and O–H groups in total. The van der Waals surface area contributed by atoms with Crippen LogP contribution in [0.15, 0.2) is 48.5 Å². The first-order valence-electron chi connectivity index (χ1n) is 8.07. The molecule has 0 bridgehead atoms. The summed E-state index contributed by atoms with van der Waals surface area (Å²) in [6, 6.07) is 13.9. The SMILES string of the molecule is COc1cccc(CN(C)CC(=O)NC(=O)Nc2ccccc2)c1OC. The summed E-state index contributed by atoms with van der Waals surface area (Å²) in [5.74, 6) is 0.858. The van der Waals surface area contributed by atoms with Crippen LogP contribution in [0.5, 0.6) is 11.5 Å². The van der Waals surface area contributed by atoms with Gasteiger partial charge in [0.05, 0.1) is 20.8 Å². The Morgan fingerprint density at radius 1 is 1.00 bits per heavy atom. The van der Waals surface area contributed by atoms with Crippen LogP contribution in [0.2, 0.25) is 0 Å². The summed E-state index contributed by atoms with van der Waals surface area (Å²) in [5.41, 5.74) is 1.50. The second kappa shape index (κ2) is 9.43. The highest BCUT2D eigenvalue weighted by Crippen LogP contribution is 2.31. The number of imide groups is 1. The molecule has 2 aromatic carbocycles. The number of benzene rings is 2. The van der Waals surface area contributed by atoms with Crippen LogP contribution in [-0.4, -0.2) is 44.7 Å². The number of carbonyl (C=O) groups is 2. The number of carbonyl (C=O) groups excluding carboxylic acids is 2. The Hall–Kier alpha value is -3.06. The minimum atomic E-state index is -0.562. The van der Waals surface area contributed by atoms with E-state index < -0.39 is 11.9 Å². The number of rotatable bonds is 7. The third-order valence-electron chi connectivity index (χ3n) is 3.62. The molecule has 26 heavy (non-hydrogen) atoms. The van der Waals surface area contributed by atoms with Gasteiger partial charge in [-0.05, 0) is 25.2 Å². The lowest BCUT2D eigenvalue weighted by atomic mass is 10.1. The first-order chi connectivity index (χ1) is 12.5. The maximum atomic E-state index is 12.1. The first kappa shape index (κ1) is 19.3. The van der Waals surface area contributed by atoms with Crippen LogP contribution in [0.3, 0.4) is 0 Å². The van der Waals surface area contributed by atoms with E-state index in [0.29, 0.717) is 23.7 Å². The molecule has 0 atom stereocenters. The van der Waals surface area contributed by atoms with Gasteiger partial charge in [-0.15, -0.1) is 0 Å². The molecule has 0 saturated heterocycles. The lowest BCUT2D eigenvalue weighted by Crippen LogP contribution is -2.40. The molecule has 0 saturated carbocycles. The second-order valence-corrected chi connectivity index (χ2v) is 5.69. The fraction of sp³-hybridized carbons (Fsp3) is 0.263. The lowest BCUT2D eigenvalue weighted by Gasteiger charge is -2.19. The molecule has 0 radical (unpaired) electrons. The summed E-state index contributed by atoms with van der Waals surface area (Å²) in [5, 5.41) is 4.91. The van der Waals surface area contributed by atoms with Crippen molar-refractivity contribution in [2.24, 2.45) is 0 Å². The van der Waals surface area contributed by atoms with Gasteiger partial charge in [0, 0.05) is 17.8 Å². The van der Waals surface area contributed by atoms with Gasteiger partial charge in [0.2, 0.25) is 5.91 Å². The molecule has 0 heterocycles. The number of nitrogens with zero attached hydrogens (tertiary/aromatic N) is 1. The molecule has 0 unspecified atom stereocenters. The fourth-order valence-corrected chi connectivity index (χ4v) is 2.52. The Balaban J connectivity index is 1.88. The molecule has 0 aliphatic carbocycles. The molecular formula is C19H23N3O4. The number of amides is 3. The van der Waals surface area contributed by atoms with Gasteiger partial charge in [0.1, 0.15) is 0 Å². The van der Waals surface area contributed by atoms with Crippen LogP contribution in [-0.2, 0) is 11.3 Å². The van der Waals surface area contributed by atoms with Crippen molar-refractivity contribution in [2.45, 2.75) is 6.54 Å². The number of hydrogen-bond donors (Lipinski definition) is 2. The highest BCUT2D eigenvalue weighted by Gasteiger charge is 2.14. The molecule has 2 aromatic rings. The van der Waals surface area contributed by atoms with Crippen molar-refractivity contribution in [3.8, 4) is 11.5 Å². The number of nitrogens with one attached hydrogen (secondary N) is 2. The Bertz CT molecular complexity index is 750.